The Bertz CT molecular complexity index is 207. The van der Waals surface area contributed by atoms with E-state index in [4.69, 9.17) is 0 Å². The number of likely N-dealkylation sites (tertiary alicyclic amines) is 1. The van der Waals surface area contributed by atoms with Crippen molar-refractivity contribution in [3.63, 3.8) is 0 Å². The van der Waals surface area contributed by atoms with E-state index in [1.807, 2.05) is 0 Å². The molecule has 1 fully saturated rings. The summed E-state index contributed by atoms with van der Waals surface area (Å²) in [6.45, 7) is 15.3. The summed E-state index contributed by atoms with van der Waals surface area (Å²) in [4.78, 5) is 2.56. The lowest BCUT2D eigenvalue weighted by Gasteiger charge is -2.25. The van der Waals surface area contributed by atoms with E-state index >= 15 is 0 Å². The number of nitrogens with one attached hydrogen (secondary N) is 1. The zero-order valence-electron chi connectivity index (χ0n) is 11.3. The van der Waals surface area contributed by atoms with Gasteiger partial charge < -0.3 is 5.32 Å². The molecule has 1 heterocycles. The van der Waals surface area contributed by atoms with Gasteiger partial charge in [-0.15, -0.1) is 0 Å². The predicted octanol–water partition coefficient (Wildman–Crippen LogP) is 2.81. The molecule has 0 aromatic heterocycles. The lowest BCUT2D eigenvalue weighted by molar-refractivity contribution is 0.304. The standard InChI is InChI=1S/C14H28N2/c1-13(11-15-14(2,3)4)12-16-9-7-5-6-8-10-16/h15H,1,5-12H2,2-4H3. The third-order valence-electron chi connectivity index (χ3n) is 3.01. The first-order chi connectivity index (χ1) is 7.47. The van der Waals surface area contributed by atoms with Crippen LogP contribution in [-0.4, -0.2) is 36.6 Å². The molecule has 1 saturated heterocycles. The van der Waals surface area contributed by atoms with Crippen LogP contribution in [0, 0.1) is 0 Å². The van der Waals surface area contributed by atoms with E-state index < -0.39 is 0 Å². The molecule has 0 aromatic rings. The van der Waals surface area contributed by atoms with Gasteiger partial charge in [0.1, 0.15) is 0 Å². The van der Waals surface area contributed by atoms with Gasteiger partial charge >= 0.3 is 0 Å². The van der Waals surface area contributed by atoms with Crippen molar-refractivity contribution in [3.05, 3.63) is 12.2 Å². The van der Waals surface area contributed by atoms with E-state index in [0.29, 0.717) is 0 Å². The van der Waals surface area contributed by atoms with Gasteiger partial charge in [0.25, 0.3) is 0 Å². The number of nitrogens with zero attached hydrogens (tertiary/aromatic N) is 1. The van der Waals surface area contributed by atoms with Gasteiger partial charge in [-0.1, -0.05) is 19.4 Å². The Kier molecular flexibility index (Phi) is 5.50. The molecule has 0 saturated carbocycles. The Balaban J connectivity index is 2.22. The molecule has 0 aromatic carbocycles. The van der Waals surface area contributed by atoms with Crippen LogP contribution in [0.5, 0.6) is 0 Å². The van der Waals surface area contributed by atoms with Crippen molar-refractivity contribution < 1.29 is 0 Å². The topological polar surface area (TPSA) is 15.3 Å². The van der Waals surface area contributed by atoms with Crippen LogP contribution in [0.1, 0.15) is 46.5 Å². The maximum atomic E-state index is 4.18. The average molecular weight is 224 g/mol. The summed E-state index contributed by atoms with van der Waals surface area (Å²) in [5, 5.41) is 3.50. The molecule has 2 heteroatoms. The van der Waals surface area contributed by atoms with Crippen molar-refractivity contribution in [1.82, 2.24) is 10.2 Å². The third kappa shape index (κ3) is 6.29. The minimum atomic E-state index is 0.196. The predicted molar refractivity (Wildman–Crippen MR) is 71.8 cm³/mol. The van der Waals surface area contributed by atoms with Gasteiger partial charge in [0.15, 0.2) is 0 Å². The fourth-order valence-electron chi connectivity index (χ4n) is 2.06. The fraction of sp³-hybridized carbons (Fsp3) is 0.857. The van der Waals surface area contributed by atoms with Crippen LogP contribution < -0.4 is 5.32 Å². The third-order valence-corrected chi connectivity index (χ3v) is 3.01. The molecule has 2 nitrogen and oxygen atoms in total. The van der Waals surface area contributed by atoms with Gasteiger partial charge in [-0.2, -0.15) is 0 Å². The second-order valence-corrected chi connectivity index (χ2v) is 6.04. The molecule has 0 radical (unpaired) electrons. The van der Waals surface area contributed by atoms with Gasteiger partial charge in [-0.05, 0) is 52.3 Å². The Hall–Kier alpha value is -0.340. The second-order valence-electron chi connectivity index (χ2n) is 6.04. The Morgan fingerprint density at radius 3 is 2.19 bits per heavy atom. The van der Waals surface area contributed by atoms with Gasteiger partial charge in [0.2, 0.25) is 0 Å². The molecule has 1 aliphatic rings. The molecule has 1 aliphatic heterocycles. The lowest BCUT2D eigenvalue weighted by atomic mass is 10.1. The highest BCUT2D eigenvalue weighted by Gasteiger charge is 2.12. The van der Waals surface area contributed by atoms with Crippen molar-refractivity contribution in [2.45, 2.75) is 52.0 Å². The number of rotatable bonds is 4. The highest BCUT2D eigenvalue weighted by atomic mass is 15.1. The van der Waals surface area contributed by atoms with Gasteiger partial charge in [0, 0.05) is 18.6 Å². The zero-order valence-corrected chi connectivity index (χ0v) is 11.3. The molecule has 16 heavy (non-hydrogen) atoms. The van der Waals surface area contributed by atoms with Crippen LogP contribution >= 0.6 is 0 Å². The summed E-state index contributed by atoms with van der Waals surface area (Å²) in [7, 11) is 0. The van der Waals surface area contributed by atoms with E-state index in [-0.39, 0.29) is 5.54 Å². The minimum absolute atomic E-state index is 0.196. The monoisotopic (exact) mass is 224 g/mol. The van der Waals surface area contributed by atoms with E-state index in [2.05, 4.69) is 37.6 Å². The first-order valence-corrected chi connectivity index (χ1v) is 6.61. The summed E-state index contributed by atoms with van der Waals surface area (Å²) in [5.74, 6) is 0. The molecule has 0 aliphatic carbocycles. The number of hydrogen-bond acceptors (Lipinski definition) is 2. The summed E-state index contributed by atoms with van der Waals surface area (Å²) in [6, 6.07) is 0. The maximum absolute atomic E-state index is 4.18. The Morgan fingerprint density at radius 2 is 1.69 bits per heavy atom. The highest BCUT2D eigenvalue weighted by molar-refractivity contribution is 5.01. The smallest absolute Gasteiger partial charge is 0.0202 e. The van der Waals surface area contributed by atoms with Crippen molar-refractivity contribution in [3.8, 4) is 0 Å². The van der Waals surface area contributed by atoms with Crippen molar-refractivity contribution in [1.29, 1.82) is 0 Å². The van der Waals surface area contributed by atoms with E-state index in [9.17, 15) is 0 Å². The largest absolute Gasteiger partial charge is 0.308 e. The molecule has 1 rings (SSSR count). The molecule has 0 spiro atoms. The van der Waals surface area contributed by atoms with Gasteiger partial charge in [-0.3, -0.25) is 4.90 Å². The molecule has 0 atom stereocenters. The van der Waals surface area contributed by atoms with E-state index in [0.717, 1.165) is 13.1 Å². The summed E-state index contributed by atoms with van der Waals surface area (Å²) in [5.41, 5.74) is 1.51. The van der Waals surface area contributed by atoms with Gasteiger partial charge in [0.05, 0.1) is 0 Å². The quantitative estimate of drug-likeness (QED) is 0.739. The van der Waals surface area contributed by atoms with Crippen LogP contribution in [0.3, 0.4) is 0 Å². The van der Waals surface area contributed by atoms with Crippen LogP contribution in [0.25, 0.3) is 0 Å². The first-order valence-electron chi connectivity index (χ1n) is 6.61. The second kappa shape index (κ2) is 6.41. The molecular weight excluding hydrogens is 196 g/mol. The van der Waals surface area contributed by atoms with E-state index in [1.54, 1.807) is 0 Å². The molecular formula is C14H28N2. The molecule has 0 bridgehead atoms. The Labute approximate surface area is 101 Å². The summed E-state index contributed by atoms with van der Waals surface area (Å²) in [6.07, 6.45) is 5.53. The van der Waals surface area contributed by atoms with Crippen LogP contribution in [0.4, 0.5) is 0 Å². The molecule has 1 N–H and O–H groups in total. The highest BCUT2D eigenvalue weighted by Crippen LogP contribution is 2.11. The Morgan fingerprint density at radius 1 is 1.12 bits per heavy atom. The van der Waals surface area contributed by atoms with E-state index in [1.165, 1.54) is 44.3 Å². The summed E-state index contributed by atoms with van der Waals surface area (Å²) >= 11 is 0. The van der Waals surface area contributed by atoms with Crippen LogP contribution in [-0.2, 0) is 0 Å². The zero-order chi connectivity index (χ0) is 12.0. The molecule has 0 unspecified atom stereocenters. The summed E-state index contributed by atoms with van der Waals surface area (Å²) < 4.78 is 0. The fourth-order valence-corrected chi connectivity index (χ4v) is 2.06. The maximum Gasteiger partial charge on any atom is 0.0202 e. The van der Waals surface area contributed by atoms with Crippen molar-refractivity contribution >= 4 is 0 Å². The van der Waals surface area contributed by atoms with Gasteiger partial charge in [-0.25, -0.2) is 0 Å². The van der Waals surface area contributed by atoms with Crippen molar-refractivity contribution in [2.75, 3.05) is 26.2 Å². The SMILES string of the molecule is C=C(CNC(C)(C)C)CN1CCCCCC1. The van der Waals surface area contributed by atoms with Crippen LogP contribution in [0.15, 0.2) is 12.2 Å². The normalized spacial score (nSPS) is 19.4. The molecule has 94 valence electrons. The first kappa shape index (κ1) is 13.7. The number of hydrogen-bond donors (Lipinski definition) is 1. The minimum Gasteiger partial charge on any atom is -0.308 e. The average Bonchev–Trinajstić information content (AvgIpc) is 2.42. The van der Waals surface area contributed by atoms with Crippen molar-refractivity contribution in [2.24, 2.45) is 0 Å². The van der Waals surface area contributed by atoms with Crippen LogP contribution in [0.2, 0.25) is 0 Å². The lowest BCUT2D eigenvalue weighted by Crippen LogP contribution is -2.39. The molecule has 0 amide bonds.